The summed E-state index contributed by atoms with van der Waals surface area (Å²) >= 11 is 11.7. The zero-order valence-corrected chi connectivity index (χ0v) is 20.9. The van der Waals surface area contributed by atoms with E-state index in [0.717, 1.165) is 49.1 Å². The predicted octanol–water partition coefficient (Wildman–Crippen LogP) is 5.54. The predicted molar refractivity (Wildman–Crippen MR) is 149 cm³/mol. The SMILES string of the molecule is CN1C(=S)N2CCCN3C(=S)N(CCCc4ccc5ccc6cccc7ccc4c5c67)S1=C23. The van der Waals surface area contributed by atoms with E-state index in [4.69, 9.17) is 24.4 Å². The number of hydrogen-bond donors (Lipinski definition) is 0. The van der Waals surface area contributed by atoms with Crippen LogP contribution in [-0.2, 0) is 6.42 Å². The first-order valence-corrected chi connectivity index (χ1v) is 13.5. The summed E-state index contributed by atoms with van der Waals surface area (Å²) < 4.78 is 4.66. The molecule has 4 nitrogen and oxygen atoms in total. The van der Waals surface area contributed by atoms with Crippen molar-refractivity contribution in [3.63, 3.8) is 0 Å². The van der Waals surface area contributed by atoms with E-state index < -0.39 is 0 Å². The van der Waals surface area contributed by atoms with Gasteiger partial charge in [-0.3, -0.25) is 18.4 Å². The van der Waals surface area contributed by atoms with E-state index in [0.29, 0.717) is 0 Å². The van der Waals surface area contributed by atoms with Gasteiger partial charge in [-0.05, 0) is 81.6 Å². The molecule has 0 saturated carbocycles. The molecule has 7 rings (SSSR count). The van der Waals surface area contributed by atoms with Crippen LogP contribution in [0.15, 0.2) is 54.6 Å². The van der Waals surface area contributed by atoms with Gasteiger partial charge in [-0.1, -0.05) is 54.6 Å². The van der Waals surface area contributed by atoms with E-state index in [2.05, 4.69) is 80.1 Å². The second kappa shape index (κ2) is 7.26. The highest BCUT2D eigenvalue weighted by Gasteiger charge is 2.47. The standard InChI is InChI=1S/C26H24N4S3/c1-27-24(31)28-14-4-15-29-25(32)30(33(27)26(28)29)16-3-7-17-8-9-20-11-10-18-5-2-6-19-12-13-21(17)23(20)22(18)19/h2,5-6,8-13H,3-4,7,14-16H2,1H3. The maximum atomic E-state index is 5.93. The first kappa shape index (κ1) is 19.9. The first-order chi connectivity index (χ1) is 16.1. The van der Waals surface area contributed by atoms with Crippen LogP contribution in [-0.4, -0.2) is 60.4 Å². The molecule has 0 radical (unpaired) electrons. The lowest BCUT2D eigenvalue weighted by atomic mass is 9.91. The van der Waals surface area contributed by atoms with Crippen LogP contribution in [0.1, 0.15) is 18.4 Å². The molecule has 0 amide bonds. The van der Waals surface area contributed by atoms with Crippen LogP contribution in [0.2, 0.25) is 0 Å². The maximum Gasteiger partial charge on any atom is 0.188 e. The van der Waals surface area contributed by atoms with E-state index in [9.17, 15) is 0 Å². The fourth-order valence-electron chi connectivity index (χ4n) is 5.71. The quantitative estimate of drug-likeness (QED) is 0.274. The van der Waals surface area contributed by atoms with Crippen molar-refractivity contribution in [3.8, 4) is 0 Å². The molecule has 4 aromatic rings. The lowest BCUT2D eigenvalue weighted by molar-refractivity contribution is 0.396. The molecule has 3 aliphatic rings. The second-order valence-electron chi connectivity index (χ2n) is 9.05. The molecule has 0 spiro atoms. The molecule has 3 heterocycles. The highest BCUT2D eigenvalue weighted by atomic mass is 32.2. The minimum Gasteiger partial charge on any atom is -0.296 e. The number of benzene rings is 4. The summed E-state index contributed by atoms with van der Waals surface area (Å²) in [7, 11) is 1.94. The minimum absolute atomic E-state index is 0.177. The van der Waals surface area contributed by atoms with Crippen LogP contribution < -0.4 is 0 Å². The van der Waals surface area contributed by atoms with Gasteiger partial charge < -0.3 is 0 Å². The molecule has 1 fully saturated rings. The van der Waals surface area contributed by atoms with Gasteiger partial charge in [0, 0.05) is 26.7 Å². The molecule has 166 valence electrons. The van der Waals surface area contributed by atoms with Crippen LogP contribution in [0.5, 0.6) is 0 Å². The molecule has 0 N–H and O–H groups in total. The molecule has 3 aliphatic heterocycles. The number of nitrogens with zero attached hydrogens (tertiary/aromatic N) is 4. The molecule has 0 aromatic heterocycles. The van der Waals surface area contributed by atoms with Gasteiger partial charge in [0.15, 0.2) is 15.3 Å². The highest BCUT2D eigenvalue weighted by Crippen LogP contribution is 2.43. The molecule has 1 unspecified atom stereocenters. The van der Waals surface area contributed by atoms with Gasteiger partial charge >= 0.3 is 0 Å². The van der Waals surface area contributed by atoms with Crippen molar-refractivity contribution >= 4 is 82.9 Å². The van der Waals surface area contributed by atoms with Gasteiger partial charge in [0.25, 0.3) is 0 Å². The van der Waals surface area contributed by atoms with E-state index >= 15 is 0 Å². The Balaban J connectivity index is 1.20. The third kappa shape index (κ3) is 2.73. The minimum atomic E-state index is -0.177. The van der Waals surface area contributed by atoms with Crippen molar-refractivity contribution in [3.05, 3.63) is 60.2 Å². The van der Waals surface area contributed by atoms with Crippen LogP contribution in [0.4, 0.5) is 0 Å². The fourth-order valence-corrected chi connectivity index (χ4v) is 8.97. The summed E-state index contributed by atoms with van der Waals surface area (Å²) in [5.41, 5.74) is 1.43. The smallest absolute Gasteiger partial charge is 0.188 e. The largest absolute Gasteiger partial charge is 0.296 e. The van der Waals surface area contributed by atoms with Gasteiger partial charge in [-0.15, -0.1) is 0 Å². The number of rotatable bonds is 4. The van der Waals surface area contributed by atoms with E-state index in [1.54, 1.807) is 0 Å². The number of aryl methyl sites for hydroxylation is 1. The van der Waals surface area contributed by atoms with Crippen molar-refractivity contribution < 1.29 is 0 Å². The molecule has 4 aromatic carbocycles. The lowest BCUT2D eigenvalue weighted by Crippen LogP contribution is -2.52. The highest BCUT2D eigenvalue weighted by molar-refractivity contribution is 8.14. The van der Waals surface area contributed by atoms with Crippen molar-refractivity contribution in [1.82, 2.24) is 18.4 Å². The first-order valence-electron chi connectivity index (χ1n) is 11.5. The Labute approximate surface area is 206 Å². The molecular weight excluding hydrogens is 465 g/mol. The third-order valence-corrected chi connectivity index (χ3v) is 10.6. The van der Waals surface area contributed by atoms with Crippen molar-refractivity contribution in [2.75, 3.05) is 26.7 Å². The van der Waals surface area contributed by atoms with Gasteiger partial charge in [0.05, 0.1) is 10.9 Å². The molecule has 33 heavy (non-hydrogen) atoms. The number of thiocarbonyl (C=S) groups is 2. The molecule has 0 bridgehead atoms. The van der Waals surface area contributed by atoms with E-state index in [1.165, 1.54) is 43.0 Å². The molecule has 7 heteroatoms. The zero-order valence-electron chi connectivity index (χ0n) is 18.5. The van der Waals surface area contributed by atoms with Gasteiger partial charge in [0.1, 0.15) is 0 Å². The molecule has 0 aliphatic carbocycles. The Morgan fingerprint density at radius 2 is 1.48 bits per heavy atom. The van der Waals surface area contributed by atoms with Crippen molar-refractivity contribution in [2.45, 2.75) is 19.3 Å². The summed E-state index contributed by atoms with van der Waals surface area (Å²) in [6, 6.07) is 20.3. The van der Waals surface area contributed by atoms with Crippen molar-refractivity contribution in [1.29, 1.82) is 0 Å². The Morgan fingerprint density at radius 1 is 0.818 bits per heavy atom. The normalized spacial score (nSPS) is 20.4. The topological polar surface area (TPSA) is 13.0 Å². The average Bonchev–Trinajstić information content (AvgIpc) is 3.27. The summed E-state index contributed by atoms with van der Waals surface area (Å²) in [5.74, 6) is 0. The molecular formula is C26H24N4S3. The summed E-state index contributed by atoms with van der Waals surface area (Å²) in [5, 5.41) is 11.4. The maximum absolute atomic E-state index is 5.93. The van der Waals surface area contributed by atoms with Crippen LogP contribution >= 0.6 is 35.3 Å². The summed E-state index contributed by atoms with van der Waals surface area (Å²) in [6.07, 6.45) is 3.21. The Bertz CT molecular complexity index is 1490. The third-order valence-electron chi connectivity index (χ3n) is 7.23. The second-order valence-corrected chi connectivity index (χ2v) is 11.7. The molecule has 1 atom stereocenters. The van der Waals surface area contributed by atoms with Crippen molar-refractivity contribution in [2.24, 2.45) is 0 Å². The number of hydrogen-bond acceptors (Lipinski definition) is 2. The monoisotopic (exact) mass is 488 g/mol. The van der Waals surface area contributed by atoms with Crippen LogP contribution in [0.3, 0.4) is 0 Å². The lowest BCUT2D eigenvalue weighted by Gasteiger charge is -2.36. The summed E-state index contributed by atoms with van der Waals surface area (Å²) in [4.78, 5) is 4.63. The Hall–Kier alpha value is -2.48. The Morgan fingerprint density at radius 3 is 2.27 bits per heavy atom. The van der Waals surface area contributed by atoms with Gasteiger partial charge in [0.2, 0.25) is 0 Å². The zero-order chi connectivity index (χ0) is 22.3. The van der Waals surface area contributed by atoms with Gasteiger partial charge in [-0.25, -0.2) is 0 Å². The van der Waals surface area contributed by atoms with Crippen LogP contribution in [0, 0.1) is 0 Å². The summed E-state index contributed by atoms with van der Waals surface area (Å²) in [6.45, 7) is 2.97. The average molecular weight is 489 g/mol. The molecule has 1 saturated heterocycles. The Kier molecular flexibility index (Phi) is 4.39. The van der Waals surface area contributed by atoms with E-state index in [1.807, 2.05) is 0 Å². The van der Waals surface area contributed by atoms with Gasteiger partial charge in [-0.2, -0.15) is 0 Å². The van der Waals surface area contributed by atoms with Crippen LogP contribution in [0.25, 0.3) is 32.3 Å². The van der Waals surface area contributed by atoms with E-state index in [-0.39, 0.29) is 10.9 Å². The fraction of sp³-hybridized carbons (Fsp3) is 0.269.